The van der Waals surface area contributed by atoms with Gasteiger partial charge in [-0.15, -0.1) is 0 Å². The summed E-state index contributed by atoms with van der Waals surface area (Å²) in [6.45, 7) is 6.19. The molecule has 2 N–H and O–H groups in total. The Balaban J connectivity index is 1.92. The predicted molar refractivity (Wildman–Crippen MR) is 80.2 cm³/mol. The van der Waals surface area contributed by atoms with Crippen molar-refractivity contribution in [1.82, 2.24) is 20.2 Å². The molecule has 0 radical (unpaired) electrons. The van der Waals surface area contributed by atoms with Crippen LogP contribution in [0.4, 0.5) is 5.82 Å². The van der Waals surface area contributed by atoms with Crippen LogP contribution in [-0.2, 0) is 0 Å². The van der Waals surface area contributed by atoms with Gasteiger partial charge in [0.1, 0.15) is 9.39 Å². The molecule has 0 aromatic carbocycles. The Hall–Kier alpha value is -0.670. The first kappa shape index (κ1) is 13.8. The Morgan fingerprint density at radius 3 is 2.94 bits per heavy atom. The minimum absolute atomic E-state index is 0.0744. The summed E-state index contributed by atoms with van der Waals surface area (Å²) in [5, 5.41) is 3.34. The van der Waals surface area contributed by atoms with Crippen LogP contribution >= 0.6 is 22.6 Å². The van der Waals surface area contributed by atoms with Gasteiger partial charge in [0, 0.05) is 46.3 Å². The maximum Gasteiger partial charge on any atom is 0.266 e. The maximum atomic E-state index is 11.5. The summed E-state index contributed by atoms with van der Waals surface area (Å²) in [6, 6.07) is 0. The van der Waals surface area contributed by atoms with Crippen molar-refractivity contribution in [2.24, 2.45) is 0 Å². The van der Waals surface area contributed by atoms with Crippen LogP contribution in [0.25, 0.3) is 0 Å². The largest absolute Gasteiger partial charge is 0.357 e. The fourth-order valence-corrected chi connectivity index (χ4v) is 2.68. The number of hydrogen-bond acceptors (Lipinski definition) is 5. The molecular weight excluding hydrogens is 345 g/mol. The van der Waals surface area contributed by atoms with E-state index in [9.17, 15) is 4.79 Å². The number of hydrogen-bond donors (Lipinski definition) is 2. The molecule has 2 heterocycles. The Bertz CT molecular complexity index is 443. The second-order valence-corrected chi connectivity index (χ2v) is 5.46. The van der Waals surface area contributed by atoms with Gasteiger partial charge in [0.15, 0.2) is 0 Å². The molecule has 2 rings (SSSR count). The Morgan fingerprint density at radius 2 is 2.22 bits per heavy atom. The highest BCUT2D eigenvalue weighted by Gasteiger charge is 2.13. The molecule has 18 heavy (non-hydrogen) atoms. The van der Waals surface area contributed by atoms with Crippen LogP contribution in [0.3, 0.4) is 0 Å². The summed E-state index contributed by atoms with van der Waals surface area (Å²) in [6.07, 6.45) is 1.46. The van der Waals surface area contributed by atoms with Crippen molar-refractivity contribution in [3.63, 3.8) is 0 Å². The van der Waals surface area contributed by atoms with Gasteiger partial charge in [0.05, 0.1) is 6.33 Å². The summed E-state index contributed by atoms with van der Waals surface area (Å²) >= 11 is 2.04. The smallest absolute Gasteiger partial charge is 0.266 e. The molecule has 1 aromatic rings. The molecule has 0 spiro atoms. The molecule has 0 saturated carbocycles. The van der Waals surface area contributed by atoms with Gasteiger partial charge in [-0.05, 0) is 22.6 Å². The second kappa shape index (κ2) is 6.48. The van der Waals surface area contributed by atoms with Gasteiger partial charge < -0.3 is 15.2 Å². The van der Waals surface area contributed by atoms with Gasteiger partial charge in [0.2, 0.25) is 0 Å². The topological polar surface area (TPSA) is 64.3 Å². The lowest BCUT2D eigenvalue weighted by Gasteiger charge is -2.29. The Labute approximate surface area is 120 Å². The number of piperazine rings is 1. The van der Waals surface area contributed by atoms with E-state index in [0.29, 0.717) is 3.57 Å². The van der Waals surface area contributed by atoms with Crippen molar-refractivity contribution in [3.8, 4) is 0 Å². The van der Waals surface area contributed by atoms with Crippen LogP contribution < -0.4 is 15.8 Å². The molecule has 0 atom stereocenters. The van der Waals surface area contributed by atoms with E-state index in [1.807, 2.05) is 34.5 Å². The van der Waals surface area contributed by atoms with Crippen molar-refractivity contribution in [2.45, 2.75) is 0 Å². The number of likely N-dealkylation sites (N-methyl/N-ethyl adjacent to an activating group) is 1. The van der Waals surface area contributed by atoms with Crippen LogP contribution in [-0.4, -0.2) is 61.2 Å². The molecule has 100 valence electrons. The van der Waals surface area contributed by atoms with Crippen molar-refractivity contribution in [3.05, 3.63) is 20.3 Å². The number of aromatic nitrogens is 2. The van der Waals surface area contributed by atoms with Gasteiger partial charge in [-0.2, -0.15) is 0 Å². The monoisotopic (exact) mass is 363 g/mol. The molecule has 0 amide bonds. The predicted octanol–water partition coefficient (Wildman–Crippen LogP) is -0.284. The van der Waals surface area contributed by atoms with E-state index in [1.54, 1.807) is 0 Å². The van der Waals surface area contributed by atoms with Gasteiger partial charge >= 0.3 is 0 Å². The van der Waals surface area contributed by atoms with Crippen LogP contribution in [0.1, 0.15) is 0 Å². The molecule has 0 unspecified atom stereocenters. The van der Waals surface area contributed by atoms with E-state index < -0.39 is 0 Å². The number of anilines is 1. The van der Waals surface area contributed by atoms with Gasteiger partial charge in [-0.1, -0.05) is 0 Å². The quantitative estimate of drug-likeness (QED) is 0.721. The summed E-state index contributed by atoms with van der Waals surface area (Å²) in [7, 11) is 1.98. The van der Waals surface area contributed by atoms with E-state index in [4.69, 9.17) is 0 Å². The number of nitrogens with zero attached hydrogens (tertiary/aromatic N) is 3. The lowest BCUT2D eigenvalue weighted by molar-refractivity contribution is 0.246. The van der Waals surface area contributed by atoms with Crippen molar-refractivity contribution >= 4 is 28.4 Å². The summed E-state index contributed by atoms with van der Waals surface area (Å²) in [5.74, 6) is 0.759. The van der Waals surface area contributed by atoms with Crippen molar-refractivity contribution in [1.29, 1.82) is 0 Å². The SMILES string of the molecule is CN(CCN1CCNCC1)c1nc[nH]c(=O)c1I. The minimum Gasteiger partial charge on any atom is -0.357 e. The molecular formula is C11H18IN5O. The van der Waals surface area contributed by atoms with Gasteiger partial charge in [-0.3, -0.25) is 9.69 Å². The summed E-state index contributed by atoms with van der Waals surface area (Å²) in [5.41, 5.74) is -0.0744. The molecule has 7 heteroatoms. The first-order valence-corrected chi connectivity index (χ1v) is 7.14. The fraction of sp³-hybridized carbons (Fsp3) is 0.636. The Kier molecular flexibility index (Phi) is 4.95. The molecule has 1 aliphatic heterocycles. The minimum atomic E-state index is -0.0744. The van der Waals surface area contributed by atoms with Gasteiger partial charge in [-0.25, -0.2) is 4.98 Å². The third kappa shape index (κ3) is 3.42. The van der Waals surface area contributed by atoms with Crippen LogP contribution in [0.5, 0.6) is 0 Å². The van der Waals surface area contributed by atoms with E-state index >= 15 is 0 Å². The third-order valence-corrected chi connectivity index (χ3v) is 4.07. The van der Waals surface area contributed by atoms with Crippen molar-refractivity contribution in [2.75, 3.05) is 51.2 Å². The van der Waals surface area contributed by atoms with E-state index in [1.165, 1.54) is 6.33 Å². The summed E-state index contributed by atoms with van der Waals surface area (Å²) in [4.78, 5) is 22.8. The van der Waals surface area contributed by atoms with E-state index in [0.717, 1.165) is 45.1 Å². The molecule has 6 nitrogen and oxygen atoms in total. The third-order valence-electron chi connectivity index (χ3n) is 3.10. The molecule has 1 aliphatic rings. The fourth-order valence-electron chi connectivity index (χ4n) is 1.97. The van der Waals surface area contributed by atoms with E-state index in [-0.39, 0.29) is 5.56 Å². The van der Waals surface area contributed by atoms with Crippen LogP contribution in [0.15, 0.2) is 11.1 Å². The zero-order valence-corrected chi connectivity index (χ0v) is 12.6. The highest BCUT2D eigenvalue weighted by atomic mass is 127. The highest BCUT2D eigenvalue weighted by Crippen LogP contribution is 2.13. The number of halogens is 1. The lowest BCUT2D eigenvalue weighted by Crippen LogP contribution is -2.46. The molecule has 0 bridgehead atoms. The zero-order valence-electron chi connectivity index (χ0n) is 10.4. The summed E-state index contributed by atoms with van der Waals surface area (Å²) < 4.78 is 0.651. The van der Waals surface area contributed by atoms with Crippen LogP contribution in [0, 0.1) is 3.57 Å². The van der Waals surface area contributed by atoms with E-state index in [2.05, 4.69) is 20.2 Å². The Morgan fingerprint density at radius 1 is 1.50 bits per heavy atom. The number of aromatic amines is 1. The first-order chi connectivity index (χ1) is 8.68. The molecule has 1 fully saturated rings. The standard InChI is InChI=1S/C11H18IN5O/c1-16(6-7-17-4-2-13-3-5-17)10-9(12)11(18)15-8-14-10/h8,13H,2-7H2,1H3,(H,14,15,18). The second-order valence-electron chi connectivity index (χ2n) is 4.38. The first-order valence-electron chi connectivity index (χ1n) is 6.06. The van der Waals surface area contributed by atoms with Gasteiger partial charge in [0.25, 0.3) is 5.56 Å². The molecule has 1 aromatic heterocycles. The normalized spacial score (nSPS) is 16.8. The maximum absolute atomic E-state index is 11.5. The number of rotatable bonds is 4. The zero-order chi connectivity index (χ0) is 13.0. The molecule has 1 saturated heterocycles. The molecule has 0 aliphatic carbocycles. The average Bonchev–Trinajstić information content (AvgIpc) is 2.40. The van der Waals surface area contributed by atoms with Crippen LogP contribution in [0.2, 0.25) is 0 Å². The number of H-pyrrole nitrogens is 1. The average molecular weight is 363 g/mol. The highest BCUT2D eigenvalue weighted by molar-refractivity contribution is 14.1. The van der Waals surface area contributed by atoms with Crippen molar-refractivity contribution < 1.29 is 0 Å². The number of nitrogens with one attached hydrogen (secondary N) is 2. The lowest BCUT2D eigenvalue weighted by atomic mass is 10.3.